The highest BCUT2D eigenvalue weighted by molar-refractivity contribution is 6.10. The van der Waals surface area contributed by atoms with E-state index in [2.05, 4.69) is 4.99 Å². The Labute approximate surface area is 155 Å². The van der Waals surface area contributed by atoms with Gasteiger partial charge in [0.05, 0.1) is 0 Å². The van der Waals surface area contributed by atoms with Gasteiger partial charge in [0.1, 0.15) is 5.84 Å². The van der Waals surface area contributed by atoms with Gasteiger partial charge >= 0.3 is 11.8 Å². The molecule has 2 amide bonds. The van der Waals surface area contributed by atoms with Crippen LogP contribution < -0.4 is 5.32 Å². The lowest BCUT2D eigenvalue weighted by molar-refractivity contribution is -0.197. The highest BCUT2D eigenvalue weighted by Crippen LogP contribution is 2.39. The number of amidine groups is 1. The average molecular weight is 381 g/mol. The third kappa shape index (κ3) is 3.33. The van der Waals surface area contributed by atoms with Gasteiger partial charge in [-0.1, -0.05) is 37.5 Å². The lowest BCUT2D eigenvalue weighted by Gasteiger charge is -2.34. The summed E-state index contributed by atoms with van der Waals surface area (Å²) in [4.78, 5) is 30.3. The van der Waals surface area contributed by atoms with Gasteiger partial charge < -0.3 is 5.32 Å². The van der Waals surface area contributed by atoms with Crippen molar-refractivity contribution in [1.82, 2.24) is 10.2 Å². The average Bonchev–Trinajstić information content (AvgIpc) is 2.87. The molecule has 1 atom stereocenters. The Kier molecular flexibility index (Phi) is 5.01. The second-order valence-electron chi connectivity index (χ2n) is 7.10. The van der Waals surface area contributed by atoms with Gasteiger partial charge in [0.2, 0.25) is 0 Å². The molecule has 1 aliphatic heterocycles. The number of aliphatic imine (C=N–C) groups is 1. The number of amides is 2. The lowest BCUT2D eigenvalue weighted by Crippen LogP contribution is -2.64. The highest BCUT2D eigenvalue weighted by Gasteiger charge is 2.67. The zero-order chi connectivity index (χ0) is 19.8. The van der Waals surface area contributed by atoms with Crippen LogP contribution in [0.25, 0.3) is 0 Å². The van der Waals surface area contributed by atoms with E-state index in [1.807, 2.05) is 5.32 Å². The van der Waals surface area contributed by atoms with E-state index in [1.165, 1.54) is 13.0 Å². The molecule has 1 aromatic carbocycles. The first kappa shape index (κ1) is 19.4. The first-order chi connectivity index (χ1) is 12.7. The zero-order valence-electron chi connectivity index (χ0n) is 15.3. The zero-order valence-corrected chi connectivity index (χ0v) is 15.3. The number of alkyl halides is 3. The molecule has 3 rings (SSSR count). The largest absolute Gasteiger partial charge is 0.442 e. The molecule has 27 heavy (non-hydrogen) atoms. The molecule has 0 saturated heterocycles. The summed E-state index contributed by atoms with van der Waals surface area (Å²) in [6.45, 7) is 3.01. The predicted octanol–water partition coefficient (Wildman–Crippen LogP) is 3.58. The van der Waals surface area contributed by atoms with E-state index >= 15 is 0 Å². The van der Waals surface area contributed by atoms with Crippen LogP contribution in [0.1, 0.15) is 54.9 Å². The molecule has 146 valence electrons. The Morgan fingerprint density at radius 1 is 1.19 bits per heavy atom. The SMILES string of the molecule is CC1=NC(NC(=O)c2ccccc2C)(C(F)(F)F)C(=O)N1C1CCCCC1. The molecule has 8 heteroatoms. The van der Waals surface area contributed by atoms with Crippen LogP contribution in [-0.4, -0.2) is 40.4 Å². The van der Waals surface area contributed by atoms with Gasteiger partial charge in [-0.2, -0.15) is 13.2 Å². The van der Waals surface area contributed by atoms with Crippen molar-refractivity contribution in [2.24, 2.45) is 4.99 Å². The van der Waals surface area contributed by atoms with Gasteiger partial charge in [-0.25, -0.2) is 4.99 Å². The van der Waals surface area contributed by atoms with E-state index in [4.69, 9.17) is 0 Å². The van der Waals surface area contributed by atoms with Crippen molar-refractivity contribution < 1.29 is 22.8 Å². The molecular formula is C19H22F3N3O2. The van der Waals surface area contributed by atoms with Crippen LogP contribution in [0.2, 0.25) is 0 Å². The van der Waals surface area contributed by atoms with Crippen molar-refractivity contribution in [2.45, 2.75) is 63.8 Å². The number of hydrogen-bond donors (Lipinski definition) is 1. The van der Waals surface area contributed by atoms with Crippen LogP contribution in [0.4, 0.5) is 13.2 Å². The maximum Gasteiger partial charge on any atom is 0.442 e. The number of benzene rings is 1. The first-order valence-electron chi connectivity index (χ1n) is 9.02. The molecule has 1 unspecified atom stereocenters. The van der Waals surface area contributed by atoms with Gasteiger partial charge in [0.25, 0.3) is 11.8 Å². The smallest absolute Gasteiger partial charge is 0.312 e. The van der Waals surface area contributed by atoms with Crippen molar-refractivity contribution in [2.75, 3.05) is 0 Å². The Morgan fingerprint density at radius 2 is 1.81 bits per heavy atom. The molecule has 2 aliphatic rings. The fourth-order valence-electron chi connectivity index (χ4n) is 3.83. The van der Waals surface area contributed by atoms with Gasteiger partial charge in [-0.15, -0.1) is 0 Å². The van der Waals surface area contributed by atoms with E-state index in [9.17, 15) is 22.8 Å². The van der Waals surface area contributed by atoms with E-state index in [0.29, 0.717) is 18.4 Å². The van der Waals surface area contributed by atoms with Crippen molar-refractivity contribution in [3.8, 4) is 0 Å². The number of halogens is 3. The number of carbonyl (C=O) groups is 2. The summed E-state index contributed by atoms with van der Waals surface area (Å²) in [6.07, 6.45) is -1.06. The summed E-state index contributed by atoms with van der Waals surface area (Å²) >= 11 is 0. The van der Waals surface area contributed by atoms with Crippen LogP contribution >= 0.6 is 0 Å². The quantitative estimate of drug-likeness (QED) is 0.870. The van der Waals surface area contributed by atoms with Crippen LogP contribution in [-0.2, 0) is 4.79 Å². The Balaban J connectivity index is 1.96. The molecule has 0 bridgehead atoms. The van der Waals surface area contributed by atoms with Crippen LogP contribution in [0, 0.1) is 6.92 Å². The Morgan fingerprint density at radius 3 is 2.41 bits per heavy atom. The van der Waals surface area contributed by atoms with Crippen molar-refractivity contribution in [1.29, 1.82) is 0 Å². The van der Waals surface area contributed by atoms with Crippen LogP contribution in [0.3, 0.4) is 0 Å². The summed E-state index contributed by atoms with van der Waals surface area (Å²) in [5.74, 6) is -2.20. The fourth-order valence-corrected chi connectivity index (χ4v) is 3.83. The number of carbonyl (C=O) groups excluding carboxylic acids is 2. The fraction of sp³-hybridized carbons (Fsp3) is 0.526. The van der Waals surface area contributed by atoms with E-state index in [0.717, 1.165) is 24.2 Å². The second kappa shape index (κ2) is 6.98. The van der Waals surface area contributed by atoms with Gasteiger partial charge in [0, 0.05) is 11.6 Å². The highest BCUT2D eigenvalue weighted by atomic mass is 19.4. The van der Waals surface area contributed by atoms with E-state index in [-0.39, 0.29) is 17.4 Å². The van der Waals surface area contributed by atoms with Crippen LogP contribution in [0.15, 0.2) is 29.3 Å². The Hall–Kier alpha value is -2.38. The number of hydrogen-bond acceptors (Lipinski definition) is 3. The predicted molar refractivity (Wildman–Crippen MR) is 94.3 cm³/mol. The minimum Gasteiger partial charge on any atom is -0.312 e. The molecule has 1 aromatic rings. The maximum absolute atomic E-state index is 14.0. The topological polar surface area (TPSA) is 61.8 Å². The molecule has 1 heterocycles. The molecule has 0 aromatic heterocycles. The van der Waals surface area contributed by atoms with E-state index in [1.54, 1.807) is 25.1 Å². The number of aryl methyl sites for hydroxylation is 1. The van der Waals surface area contributed by atoms with E-state index < -0.39 is 23.7 Å². The Bertz CT molecular complexity index is 785. The van der Waals surface area contributed by atoms with Crippen molar-refractivity contribution in [3.63, 3.8) is 0 Å². The number of nitrogens with one attached hydrogen (secondary N) is 1. The first-order valence-corrected chi connectivity index (χ1v) is 9.02. The van der Waals surface area contributed by atoms with Gasteiger partial charge in [-0.05, 0) is 38.3 Å². The summed E-state index contributed by atoms with van der Waals surface area (Å²) in [5, 5.41) is 1.90. The third-order valence-electron chi connectivity index (χ3n) is 5.24. The number of nitrogens with zero attached hydrogens (tertiary/aromatic N) is 2. The monoisotopic (exact) mass is 381 g/mol. The molecule has 1 fully saturated rings. The van der Waals surface area contributed by atoms with Gasteiger partial charge in [0.15, 0.2) is 0 Å². The number of rotatable bonds is 3. The molecule has 0 radical (unpaired) electrons. The second-order valence-corrected chi connectivity index (χ2v) is 7.10. The van der Waals surface area contributed by atoms with Crippen molar-refractivity contribution in [3.05, 3.63) is 35.4 Å². The summed E-state index contributed by atoms with van der Waals surface area (Å²) in [6, 6.07) is 5.97. The minimum atomic E-state index is -5.05. The van der Waals surface area contributed by atoms with Crippen molar-refractivity contribution >= 4 is 17.6 Å². The lowest BCUT2D eigenvalue weighted by atomic mass is 9.93. The standard InChI is InChI=1S/C19H22F3N3O2/c1-12-8-6-7-11-15(12)16(26)24-18(19(20,21)22)17(27)25(13(2)23-18)14-9-4-3-5-10-14/h6-8,11,14H,3-5,9-10H2,1-2H3,(H,24,26). The molecular weight excluding hydrogens is 359 g/mol. The van der Waals surface area contributed by atoms with Crippen LogP contribution in [0.5, 0.6) is 0 Å². The molecule has 1 saturated carbocycles. The molecule has 0 spiro atoms. The maximum atomic E-state index is 14.0. The summed E-state index contributed by atoms with van der Waals surface area (Å²) in [7, 11) is 0. The van der Waals surface area contributed by atoms with Gasteiger partial charge in [-0.3, -0.25) is 14.5 Å². The minimum absolute atomic E-state index is 0.00527. The molecule has 1 N–H and O–H groups in total. The molecule has 1 aliphatic carbocycles. The molecule has 5 nitrogen and oxygen atoms in total. The third-order valence-corrected chi connectivity index (χ3v) is 5.24. The normalized spacial score (nSPS) is 24.1. The summed E-state index contributed by atoms with van der Waals surface area (Å²) in [5.41, 5.74) is -2.67. The summed E-state index contributed by atoms with van der Waals surface area (Å²) < 4.78 is 42.0.